The first kappa shape index (κ1) is 9.86. The molecule has 0 unspecified atom stereocenters. The lowest BCUT2D eigenvalue weighted by molar-refractivity contribution is 0.907. The number of hydrogen-bond donors (Lipinski definition) is 1. The van der Waals surface area contributed by atoms with E-state index in [2.05, 4.69) is 4.98 Å². The SMILES string of the molecule is Cc1ccc(-n2ccc(=S)[nH]c2=O)cc1. The van der Waals surface area contributed by atoms with Crippen LogP contribution in [0.5, 0.6) is 0 Å². The van der Waals surface area contributed by atoms with E-state index in [1.807, 2.05) is 31.2 Å². The maximum atomic E-state index is 11.6. The lowest BCUT2D eigenvalue weighted by atomic mass is 10.2. The van der Waals surface area contributed by atoms with Crippen molar-refractivity contribution in [3.05, 3.63) is 57.2 Å². The molecule has 76 valence electrons. The summed E-state index contributed by atoms with van der Waals surface area (Å²) in [4.78, 5) is 14.1. The van der Waals surface area contributed by atoms with Crippen LogP contribution >= 0.6 is 12.2 Å². The molecule has 0 spiro atoms. The van der Waals surface area contributed by atoms with Crippen LogP contribution < -0.4 is 5.69 Å². The van der Waals surface area contributed by atoms with E-state index in [1.54, 1.807) is 12.3 Å². The summed E-state index contributed by atoms with van der Waals surface area (Å²) >= 11 is 4.86. The third-order valence-electron chi connectivity index (χ3n) is 2.14. The van der Waals surface area contributed by atoms with Crippen molar-refractivity contribution >= 4 is 12.2 Å². The van der Waals surface area contributed by atoms with Crippen LogP contribution in [0, 0.1) is 11.6 Å². The van der Waals surface area contributed by atoms with Crippen molar-refractivity contribution in [3.8, 4) is 5.69 Å². The van der Waals surface area contributed by atoms with Gasteiger partial charge in [0.05, 0.1) is 5.69 Å². The summed E-state index contributed by atoms with van der Waals surface area (Å²) in [6.07, 6.45) is 1.67. The second-order valence-corrected chi connectivity index (χ2v) is 3.76. The molecular weight excluding hydrogens is 208 g/mol. The molecule has 2 aromatic rings. The molecule has 0 atom stereocenters. The van der Waals surface area contributed by atoms with Crippen LogP contribution in [0.25, 0.3) is 5.69 Å². The zero-order valence-corrected chi connectivity index (χ0v) is 9.04. The molecule has 0 aliphatic heterocycles. The number of H-pyrrole nitrogens is 1. The van der Waals surface area contributed by atoms with Gasteiger partial charge < -0.3 is 0 Å². The Hall–Kier alpha value is -1.68. The smallest absolute Gasteiger partial charge is 0.298 e. The fourth-order valence-electron chi connectivity index (χ4n) is 1.33. The number of nitrogens with zero attached hydrogens (tertiary/aromatic N) is 1. The minimum absolute atomic E-state index is 0.216. The Balaban J connectivity index is 2.59. The fraction of sp³-hybridized carbons (Fsp3) is 0.0909. The van der Waals surface area contributed by atoms with Gasteiger partial charge in [-0.25, -0.2) is 4.79 Å². The number of nitrogens with one attached hydrogen (secondary N) is 1. The zero-order chi connectivity index (χ0) is 10.8. The van der Waals surface area contributed by atoms with Gasteiger partial charge in [-0.2, -0.15) is 0 Å². The van der Waals surface area contributed by atoms with Gasteiger partial charge in [-0.05, 0) is 25.1 Å². The molecule has 0 saturated heterocycles. The van der Waals surface area contributed by atoms with E-state index in [1.165, 1.54) is 4.57 Å². The lowest BCUT2D eigenvalue weighted by Crippen LogP contribution is -2.20. The largest absolute Gasteiger partial charge is 0.331 e. The molecule has 0 saturated carbocycles. The maximum Gasteiger partial charge on any atom is 0.331 e. The predicted octanol–water partition coefficient (Wildman–Crippen LogP) is 2.20. The van der Waals surface area contributed by atoms with Crippen molar-refractivity contribution < 1.29 is 0 Å². The number of aromatic amines is 1. The molecule has 1 aromatic heterocycles. The van der Waals surface area contributed by atoms with E-state index in [0.29, 0.717) is 4.64 Å². The number of rotatable bonds is 1. The van der Waals surface area contributed by atoms with Gasteiger partial charge in [0.25, 0.3) is 0 Å². The second-order valence-electron chi connectivity index (χ2n) is 3.32. The Kier molecular flexibility index (Phi) is 2.51. The summed E-state index contributed by atoms with van der Waals surface area (Å²) in [7, 11) is 0. The van der Waals surface area contributed by atoms with Gasteiger partial charge in [-0.1, -0.05) is 29.9 Å². The van der Waals surface area contributed by atoms with E-state index in [0.717, 1.165) is 11.3 Å². The number of aryl methyl sites for hydroxylation is 1. The Morgan fingerprint density at radius 1 is 1.20 bits per heavy atom. The number of aromatic nitrogens is 2. The van der Waals surface area contributed by atoms with Crippen molar-refractivity contribution in [1.29, 1.82) is 0 Å². The van der Waals surface area contributed by atoms with Gasteiger partial charge in [-0.15, -0.1) is 0 Å². The summed E-state index contributed by atoms with van der Waals surface area (Å²) in [5.41, 5.74) is 1.78. The van der Waals surface area contributed by atoms with E-state index in [9.17, 15) is 4.79 Å². The highest BCUT2D eigenvalue weighted by Crippen LogP contribution is 2.06. The van der Waals surface area contributed by atoms with E-state index < -0.39 is 0 Å². The molecule has 3 nitrogen and oxygen atoms in total. The van der Waals surface area contributed by atoms with Crippen LogP contribution in [0.4, 0.5) is 0 Å². The highest BCUT2D eigenvalue weighted by molar-refractivity contribution is 7.71. The van der Waals surface area contributed by atoms with Crippen molar-refractivity contribution in [2.24, 2.45) is 0 Å². The number of benzene rings is 1. The maximum absolute atomic E-state index is 11.6. The van der Waals surface area contributed by atoms with Crippen molar-refractivity contribution in [2.45, 2.75) is 6.92 Å². The summed E-state index contributed by atoms with van der Waals surface area (Å²) < 4.78 is 1.97. The highest BCUT2D eigenvalue weighted by atomic mass is 32.1. The molecule has 0 amide bonds. The molecular formula is C11H10N2OS. The molecule has 1 heterocycles. The predicted molar refractivity (Wildman–Crippen MR) is 62.0 cm³/mol. The summed E-state index contributed by atoms with van der Waals surface area (Å²) in [6, 6.07) is 9.41. The first-order valence-electron chi connectivity index (χ1n) is 4.56. The van der Waals surface area contributed by atoms with Crippen LogP contribution in [0.3, 0.4) is 0 Å². The van der Waals surface area contributed by atoms with Crippen LogP contribution in [0.1, 0.15) is 5.56 Å². The molecule has 0 fully saturated rings. The third-order valence-corrected chi connectivity index (χ3v) is 2.37. The first-order chi connectivity index (χ1) is 7.16. The summed E-state index contributed by atoms with van der Waals surface area (Å²) in [6.45, 7) is 2.00. The van der Waals surface area contributed by atoms with Crippen LogP contribution in [-0.4, -0.2) is 9.55 Å². The van der Waals surface area contributed by atoms with Gasteiger partial charge in [0, 0.05) is 6.20 Å². The standard InChI is InChI=1S/C11H10N2OS/c1-8-2-4-9(5-3-8)13-7-6-10(15)12-11(13)14/h2-7H,1H3,(H,12,14,15). The normalized spacial score (nSPS) is 10.2. The minimum Gasteiger partial charge on any atom is -0.298 e. The Bertz CT molecular complexity index is 581. The molecule has 0 bridgehead atoms. The highest BCUT2D eigenvalue weighted by Gasteiger charge is 1.97. The third kappa shape index (κ3) is 2.05. The zero-order valence-electron chi connectivity index (χ0n) is 8.23. The molecule has 15 heavy (non-hydrogen) atoms. The monoisotopic (exact) mass is 218 g/mol. The summed E-state index contributed by atoms with van der Waals surface area (Å²) in [5.74, 6) is 0. The number of hydrogen-bond acceptors (Lipinski definition) is 2. The molecule has 0 radical (unpaired) electrons. The first-order valence-corrected chi connectivity index (χ1v) is 4.97. The van der Waals surface area contributed by atoms with Crippen molar-refractivity contribution in [3.63, 3.8) is 0 Å². The quantitative estimate of drug-likeness (QED) is 0.745. The van der Waals surface area contributed by atoms with Crippen LogP contribution in [0.15, 0.2) is 41.3 Å². The molecule has 2 rings (SSSR count). The van der Waals surface area contributed by atoms with Gasteiger partial charge in [-0.3, -0.25) is 9.55 Å². The fourth-order valence-corrected chi connectivity index (χ4v) is 1.47. The molecule has 1 N–H and O–H groups in total. The van der Waals surface area contributed by atoms with Gasteiger partial charge in [0.1, 0.15) is 4.64 Å². The summed E-state index contributed by atoms with van der Waals surface area (Å²) in [5, 5.41) is 0. The van der Waals surface area contributed by atoms with Gasteiger partial charge in [0.2, 0.25) is 0 Å². The van der Waals surface area contributed by atoms with Crippen molar-refractivity contribution in [1.82, 2.24) is 9.55 Å². The average Bonchev–Trinajstić information content (AvgIpc) is 2.20. The average molecular weight is 218 g/mol. The van der Waals surface area contributed by atoms with Gasteiger partial charge in [0.15, 0.2) is 0 Å². The molecule has 0 aliphatic carbocycles. The van der Waals surface area contributed by atoms with Gasteiger partial charge >= 0.3 is 5.69 Å². The van der Waals surface area contributed by atoms with Crippen LogP contribution in [-0.2, 0) is 0 Å². The van der Waals surface area contributed by atoms with Crippen molar-refractivity contribution in [2.75, 3.05) is 0 Å². The van der Waals surface area contributed by atoms with E-state index >= 15 is 0 Å². The Morgan fingerprint density at radius 3 is 2.47 bits per heavy atom. The molecule has 0 aliphatic rings. The van der Waals surface area contributed by atoms with E-state index in [4.69, 9.17) is 12.2 Å². The topological polar surface area (TPSA) is 37.8 Å². The second kappa shape index (κ2) is 3.82. The Labute approximate surface area is 92.0 Å². The van der Waals surface area contributed by atoms with E-state index in [-0.39, 0.29) is 5.69 Å². The molecule has 1 aromatic carbocycles. The Morgan fingerprint density at radius 2 is 1.87 bits per heavy atom. The molecule has 4 heteroatoms. The lowest BCUT2D eigenvalue weighted by Gasteiger charge is -2.04. The minimum atomic E-state index is -0.216. The van der Waals surface area contributed by atoms with Crippen LogP contribution in [0.2, 0.25) is 0 Å².